The van der Waals surface area contributed by atoms with Gasteiger partial charge in [0, 0.05) is 17.4 Å². The molecule has 17 heavy (non-hydrogen) atoms. The van der Waals surface area contributed by atoms with Gasteiger partial charge in [-0.2, -0.15) is 0 Å². The van der Waals surface area contributed by atoms with Crippen molar-refractivity contribution in [3.05, 3.63) is 19.2 Å². The average molecular weight is 385 g/mol. The summed E-state index contributed by atoms with van der Waals surface area (Å²) in [6, 6.07) is 1.73. The molecular weight excluding hydrogens is 374 g/mol. The smallest absolute Gasteiger partial charge is 0.303 e. The first-order valence-corrected chi connectivity index (χ1v) is 7.25. The van der Waals surface area contributed by atoms with Crippen LogP contribution in [0.25, 0.3) is 0 Å². The number of carboxylic acids is 1. The van der Waals surface area contributed by atoms with E-state index in [-0.39, 0.29) is 18.2 Å². The second-order valence-corrected chi connectivity index (χ2v) is 6.87. The molecule has 0 radical (unpaired) electrons. The summed E-state index contributed by atoms with van der Waals surface area (Å²) in [5.74, 6) is -1.12. The summed E-state index contributed by atoms with van der Waals surface area (Å²) in [4.78, 5) is 22.7. The zero-order valence-electron chi connectivity index (χ0n) is 9.00. The van der Waals surface area contributed by atoms with Gasteiger partial charge in [-0.25, -0.2) is 0 Å². The lowest BCUT2D eigenvalue weighted by molar-refractivity contribution is -0.137. The van der Waals surface area contributed by atoms with E-state index in [0.29, 0.717) is 11.4 Å². The summed E-state index contributed by atoms with van der Waals surface area (Å²) in [6.07, 6.45) is 0.0537. The molecule has 1 aromatic rings. The third-order valence-electron chi connectivity index (χ3n) is 2.00. The van der Waals surface area contributed by atoms with E-state index in [4.69, 9.17) is 5.11 Å². The first-order chi connectivity index (χ1) is 7.90. The first kappa shape index (κ1) is 14.7. The van der Waals surface area contributed by atoms with Gasteiger partial charge in [0.25, 0.3) is 5.91 Å². The molecule has 1 rings (SSSR count). The lowest BCUT2D eigenvalue weighted by Crippen LogP contribution is -2.28. The fourth-order valence-corrected chi connectivity index (χ4v) is 3.13. The fraction of sp³-hybridized carbons (Fsp3) is 0.400. The van der Waals surface area contributed by atoms with Crippen molar-refractivity contribution in [3.8, 4) is 0 Å². The Morgan fingerprint density at radius 1 is 1.53 bits per heavy atom. The highest BCUT2D eigenvalue weighted by Crippen LogP contribution is 2.32. The highest BCUT2D eigenvalue weighted by Gasteiger charge is 2.13. The van der Waals surface area contributed by atoms with Crippen molar-refractivity contribution < 1.29 is 14.7 Å². The van der Waals surface area contributed by atoms with Crippen LogP contribution in [0.4, 0.5) is 0 Å². The predicted octanol–water partition coefficient (Wildman–Crippen LogP) is 3.11. The van der Waals surface area contributed by atoms with E-state index in [2.05, 4.69) is 37.2 Å². The van der Waals surface area contributed by atoms with Gasteiger partial charge >= 0.3 is 5.97 Å². The lowest BCUT2D eigenvalue weighted by Gasteiger charge is -2.09. The molecule has 0 aliphatic rings. The Hall–Kier alpha value is -0.400. The molecule has 1 amide bonds. The summed E-state index contributed by atoms with van der Waals surface area (Å²) in [6.45, 7) is 2.15. The number of thiophene rings is 1. The van der Waals surface area contributed by atoms with E-state index in [1.807, 2.05) is 0 Å². The molecule has 0 saturated heterocycles. The largest absolute Gasteiger partial charge is 0.481 e. The molecule has 2 N–H and O–H groups in total. The van der Waals surface area contributed by atoms with Crippen LogP contribution in [0.2, 0.25) is 0 Å². The van der Waals surface area contributed by atoms with Gasteiger partial charge in [-0.15, -0.1) is 11.3 Å². The molecule has 1 atom stereocenters. The second-order valence-electron chi connectivity index (χ2n) is 3.65. The van der Waals surface area contributed by atoms with Gasteiger partial charge in [0.05, 0.1) is 8.66 Å². The van der Waals surface area contributed by atoms with E-state index in [1.54, 1.807) is 13.0 Å². The minimum Gasteiger partial charge on any atom is -0.481 e. The maximum absolute atomic E-state index is 11.7. The van der Waals surface area contributed by atoms with Gasteiger partial charge < -0.3 is 10.4 Å². The van der Waals surface area contributed by atoms with Crippen LogP contribution in [-0.2, 0) is 4.79 Å². The maximum Gasteiger partial charge on any atom is 0.303 e. The SMILES string of the molecule is CC(CNC(=O)c1cc(Br)c(Br)s1)CC(=O)O. The second kappa shape index (κ2) is 6.51. The molecule has 0 spiro atoms. The standard InChI is InChI=1S/C10H11Br2NO3S/c1-5(2-8(14)15)4-13-10(16)7-3-6(11)9(12)17-7/h3,5H,2,4H2,1H3,(H,13,16)(H,14,15). The van der Waals surface area contributed by atoms with Crippen LogP contribution >= 0.6 is 43.2 Å². The summed E-state index contributed by atoms with van der Waals surface area (Å²) >= 11 is 7.94. The Labute approximate surface area is 120 Å². The average Bonchev–Trinajstić information content (AvgIpc) is 2.55. The number of hydrogen-bond acceptors (Lipinski definition) is 3. The molecule has 94 valence electrons. The Morgan fingerprint density at radius 3 is 2.65 bits per heavy atom. The topological polar surface area (TPSA) is 66.4 Å². The fourth-order valence-electron chi connectivity index (χ4n) is 1.18. The number of rotatable bonds is 5. The predicted molar refractivity (Wildman–Crippen MR) is 73.5 cm³/mol. The van der Waals surface area contributed by atoms with Crippen LogP contribution in [0.15, 0.2) is 14.3 Å². The summed E-state index contributed by atoms with van der Waals surface area (Å²) in [5, 5.41) is 11.3. The molecule has 1 heterocycles. The van der Waals surface area contributed by atoms with Crippen LogP contribution in [0.5, 0.6) is 0 Å². The lowest BCUT2D eigenvalue weighted by atomic mass is 10.1. The number of carboxylic acid groups (broad SMARTS) is 1. The van der Waals surface area contributed by atoms with Gasteiger partial charge in [0.15, 0.2) is 0 Å². The van der Waals surface area contributed by atoms with Crippen molar-refractivity contribution in [1.29, 1.82) is 0 Å². The van der Waals surface area contributed by atoms with Crippen molar-refractivity contribution in [3.63, 3.8) is 0 Å². The van der Waals surface area contributed by atoms with Gasteiger partial charge in [-0.3, -0.25) is 9.59 Å². The summed E-state index contributed by atoms with van der Waals surface area (Å²) in [5.41, 5.74) is 0. The van der Waals surface area contributed by atoms with Gasteiger partial charge in [0.1, 0.15) is 0 Å². The van der Waals surface area contributed by atoms with Crippen molar-refractivity contribution in [2.24, 2.45) is 5.92 Å². The highest BCUT2D eigenvalue weighted by molar-refractivity contribution is 9.13. The van der Waals surface area contributed by atoms with Crippen LogP contribution in [0.3, 0.4) is 0 Å². The van der Waals surface area contributed by atoms with Crippen LogP contribution < -0.4 is 5.32 Å². The molecule has 0 aromatic carbocycles. The van der Waals surface area contributed by atoms with E-state index in [1.165, 1.54) is 11.3 Å². The van der Waals surface area contributed by atoms with E-state index in [9.17, 15) is 9.59 Å². The molecule has 0 bridgehead atoms. The molecule has 0 saturated carbocycles. The molecule has 0 aliphatic carbocycles. The third-order valence-corrected chi connectivity index (χ3v) is 5.26. The number of hydrogen-bond donors (Lipinski definition) is 2. The van der Waals surface area contributed by atoms with Gasteiger partial charge in [-0.1, -0.05) is 6.92 Å². The zero-order valence-corrected chi connectivity index (χ0v) is 13.0. The number of halogens is 2. The maximum atomic E-state index is 11.7. The Kier molecular flexibility index (Phi) is 5.61. The van der Waals surface area contributed by atoms with E-state index in [0.717, 1.165) is 8.26 Å². The van der Waals surface area contributed by atoms with Gasteiger partial charge in [-0.05, 0) is 43.8 Å². The van der Waals surface area contributed by atoms with Crippen LogP contribution in [0.1, 0.15) is 23.0 Å². The van der Waals surface area contributed by atoms with Crippen molar-refractivity contribution in [1.82, 2.24) is 5.32 Å². The normalized spacial score (nSPS) is 12.2. The summed E-state index contributed by atoms with van der Waals surface area (Å²) < 4.78 is 1.70. The molecule has 0 aliphatic heterocycles. The van der Waals surface area contributed by atoms with Crippen LogP contribution in [0, 0.1) is 5.92 Å². The first-order valence-electron chi connectivity index (χ1n) is 4.85. The third kappa shape index (κ3) is 4.77. The van der Waals surface area contributed by atoms with E-state index >= 15 is 0 Å². The number of nitrogens with one attached hydrogen (secondary N) is 1. The minimum atomic E-state index is -0.853. The Bertz CT molecular complexity index is 414. The number of carbonyl (C=O) groups is 2. The Balaban J connectivity index is 2.47. The number of aliphatic carboxylic acids is 1. The molecular formula is C10H11Br2NO3S. The monoisotopic (exact) mass is 383 g/mol. The minimum absolute atomic E-state index is 0.0537. The van der Waals surface area contributed by atoms with E-state index < -0.39 is 5.97 Å². The van der Waals surface area contributed by atoms with Gasteiger partial charge in [0.2, 0.25) is 0 Å². The zero-order chi connectivity index (χ0) is 13.0. The van der Waals surface area contributed by atoms with Crippen molar-refractivity contribution in [2.45, 2.75) is 13.3 Å². The molecule has 4 nitrogen and oxygen atoms in total. The Morgan fingerprint density at radius 2 is 2.18 bits per heavy atom. The number of carbonyl (C=O) groups excluding carboxylic acids is 1. The van der Waals surface area contributed by atoms with Crippen molar-refractivity contribution in [2.75, 3.05) is 6.54 Å². The highest BCUT2D eigenvalue weighted by atomic mass is 79.9. The molecule has 1 aromatic heterocycles. The quantitative estimate of drug-likeness (QED) is 0.819. The van der Waals surface area contributed by atoms with Crippen LogP contribution in [-0.4, -0.2) is 23.5 Å². The van der Waals surface area contributed by atoms with Crippen molar-refractivity contribution >= 4 is 55.1 Å². The summed E-state index contributed by atoms with van der Waals surface area (Å²) in [7, 11) is 0. The molecule has 0 fully saturated rings. The number of amides is 1. The molecule has 1 unspecified atom stereocenters. The molecule has 7 heteroatoms.